The lowest BCUT2D eigenvalue weighted by Crippen LogP contribution is -2.03. The second-order valence-corrected chi connectivity index (χ2v) is 3.92. The summed E-state index contributed by atoms with van der Waals surface area (Å²) in [7, 11) is 0. The molecule has 0 unspecified atom stereocenters. The van der Waals surface area contributed by atoms with Gasteiger partial charge in [0.05, 0.1) is 0 Å². The second-order valence-electron chi connectivity index (χ2n) is 3.92. The van der Waals surface area contributed by atoms with Crippen molar-refractivity contribution >= 4 is 0 Å². The Hall–Kier alpha value is -1.81. The van der Waals surface area contributed by atoms with Gasteiger partial charge in [0.25, 0.3) is 0 Å². The van der Waals surface area contributed by atoms with Crippen LogP contribution >= 0.6 is 0 Å². The van der Waals surface area contributed by atoms with Gasteiger partial charge < -0.3 is 5.73 Å². The zero-order valence-electron chi connectivity index (χ0n) is 9.65. The molecule has 3 nitrogen and oxygen atoms in total. The van der Waals surface area contributed by atoms with E-state index in [9.17, 15) is 4.39 Å². The van der Waals surface area contributed by atoms with E-state index in [1.165, 1.54) is 6.07 Å². The van der Waals surface area contributed by atoms with Gasteiger partial charge >= 0.3 is 0 Å². The van der Waals surface area contributed by atoms with Crippen LogP contribution in [0.5, 0.6) is 0 Å². The molecule has 0 fully saturated rings. The van der Waals surface area contributed by atoms with Crippen LogP contribution in [0.1, 0.15) is 11.1 Å². The molecule has 1 aromatic carbocycles. The van der Waals surface area contributed by atoms with Crippen molar-refractivity contribution in [2.75, 3.05) is 6.54 Å². The highest BCUT2D eigenvalue weighted by molar-refractivity contribution is 5.55. The van der Waals surface area contributed by atoms with E-state index in [0.717, 1.165) is 12.0 Å². The number of halogens is 1. The van der Waals surface area contributed by atoms with Gasteiger partial charge in [0, 0.05) is 18.0 Å². The summed E-state index contributed by atoms with van der Waals surface area (Å²) in [6, 6.07) is 4.99. The lowest BCUT2D eigenvalue weighted by Gasteiger charge is -2.03. The number of hydrogen-bond donors (Lipinski definition) is 1. The van der Waals surface area contributed by atoms with Gasteiger partial charge in [0.15, 0.2) is 5.82 Å². The molecule has 1 aromatic heterocycles. The molecule has 1 heterocycles. The molecule has 2 rings (SSSR count). The molecule has 0 amide bonds. The van der Waals surface area contributed by atoms with Gasteiger partial charge in [0.2, 0.25) is 0 Å². The minimum atomic E-state index is -0.239. The summed E-state index contributed by atoms with van der Waals surface area (Å²) >= 11 is 0. The average molecular weight is 231 g/mol. The lowest BCUT2D eigenvalue weighted by molar-refractivity contribution is 0.619. The molecule has 0 aliphatic carbocycles. The molecule has 17 heavy (non-hydrogen) atoms. The SMILES string of the molecule is Cc1ccc(-c2ncc(CCN)cn2)cc1F. The van der Waals surface area contributed by atoms with E-state index >= 15 is 0 Å². The van der Waals surface area contributed by atoms with Gasteiger partial charge in [-0.1, -0.05) is 12.1 Å². The van der Waals surface area contributed by atoms with Crippen molar-refractivity contribution in [3.05, 3.63) is 47.5 Å². The Bertz CT molecular complexity index is 509. The maximum absolute atomic E-state index is 13.4. The smallest absolute Gasteiger partial charge is 0.159 e. The Kier molecular flexibility index (Phi) is 3.44. The Morgan fingerprint density at radius 3 is 2.53 bits per heavy atom. The molecular weight excluding hydrogens is 217 g/mol. The van der Waals surface area contributed by atoms with Gasteiger partial charge in [0.1, 0.15) is 5.82 Å². The molecule has 0 aliphatic heterocycles. The third-order valence-electron chi connectivity index (χ3n) is 2.57. The third kappa shape index (κ3) is 2.65. The fraction of sp³-hybridized carbons (Fsp3) is 0.231. The minimum absolute atomic E-state index is 0.239. The van der Waals surface area contributed by atoms with Crippen LogP contribution in [-0.4, -0.2) is 16.5 Å². The number of nitrogens with zero attached hydrogens (tertiary/aromatic N) is 2. The summed E-state index contributed by atoms with van der Waals surface area (Å²) in [5.74, 6) is 0.293. The lowest BCUT2D eigenvalue weighted by atomic mass is 10.1. The van der Waals surface area contributed by atoms with Crippen molar-refractivity contribution in [3.8, 4) is 11.4 Å². The van der Waals surface area contributed by atoms with E-state index in [1.54, 1.807) is 25.4 Å². The summed E-state index contributed by atoms with van der Waals surface area (Å²) in [4.78, 5) is 8.41. The van der Waals surface area contributed by atoms with Crippen LogP contribution in [0.4, 0.5) is 4.39 Å². The number of rotatable bonds is 3. The van der Waals surface area contributed by atoms with Crippen LogP contribution in [-0.2, 0) is 6.42 Å². The topological polar surface area (TPSA) is 51.8 Å². The van der Waals surface area contributed by atoms with Crippen molar-refractivity contribution in [2.45, 2.75) is 13.3 Å². The Morgan fingerprint density at radius 1 is 1.24 bits per heavy atom. The zero-order valence-corrected chi connectivity index (χ0v) is 9.65. The molecule has 0 radical (unpaired) electrons. The number of hydrogen-bond acceptors (Lipinski definition) is 3. The number of aromatic nitrogens is 2. The van der Waals surface area contributed by atoms with Crippen molar-refractivity contribution in [1.29, 1.82) is 0 Å². The molecule has 0 bridgehead atoms. The summed E-state index contributed by atoms with van der Waals surface area (Å²) in [5.41, 5.74) is 7.74. The standard InChI is InChI=1S/C13H14FN3/c1-9-2-3-11(6-12(9)14)13-16-7-10(4-5-15)8-17-13/h2-3,6-8H,4-5,15H2,1H3. The van der Waals surface area contributed by atoms with Crippen molar-refractivity contribution < 1.29 is 4.39 Å². The molecule has 0 saturated heterocycles. The van der Waals surface area contributed by atoms with Gasteiger partial charge in [-0.2, -0.15) is 0 Å². The molecule has 4 heteroatoms. The Balaban J connectivity index is 2.30. The highest BCUT2D eigenvalue weighted by Gasteiger charge is 2.04. The van der Waals surface area contributed by atoms with Gasteiger partial charge in [-0.15, -0.1) is 0 Å². The quantitative estimate of drug-likeness (QED) is 0.880. The van der Waals surface area contributed by atoms with Crippen LogP contribution in [0.3, 0.4) is 0 Å². The van der Waals surface area contributed by atoms with Crippen LogP contribution in [0.25, 0.3) is 11.4 Å². The number of nitrogens with two attached hydrogens (primary N) is 1. The summed E-state index contributed by atoms with van der Waals surface area (Å²) in [5, 5.41) is 0. The molecule has 88 valence electrons. The normalized spacial score (nSPS) is 10.5. The van der Waals surface area contributed by atoms with Crippen LogP contribution < -0.4 is 5.73 Å². The van der Waals surface area contributed by atoms with Crippen molar-refractivity contribution in [1.82, 2.24) is 9.97 Å². The Morgan fingerprint density at radius 2 is 1.94 bits per heavy atom. The van der Waals surface area contributed by atoms with Gasteiger partial charge in [-0.3, -0.25) is 0 Å². The van der Waals surface area contributed by atoms with Gasteiger partial charge in [-0.25, -0.2) is 14.4 Å². The summed E-state index contributed by atoms with van der Waals surface area (Å²) in [6.45, 7) is 2.30. The molecule has 0 spiro atoms. The van der Waals surface area contributed by atoms with E-state index < -0.39 is 0 Å². The Labute approximate surface area is 99.5 Å². The van der Waals surface area contributed by atoms with Gasteiger partial charge in [-0.05, 0) is 37.1 Å². The molecule has 2 aromatic rings. The predicted octanol–water partition coefficient (Wildman–Crippen LogP) is 2.09. The van der Waals surface area contributed by atoms with E-state index in [-0.39, 0.29) is 5.82 Å². The highest BCUT2D eigenvalue weighted by atomic mass is 19.1. The average Bonchev–Trinajstić information content (AvgIpc) is 2.34. The third-order valence-corrected chi connectivity index (χ3v) is 2.57. The minimum Gasteiger partial charge on any atom is -0.330 e. The molecule has 0 aliphatic rings. The van der Waals surface area contributed by atoms with Crippen LogP contribution in [0.2, 0.25) is 0 Å². The summed E-state index contributed by atoms with van der Waals surface area (Å²) < 4.78 is 13.4. The largest absolute Gasteiger partial charge is 0.330 e. The van der Waals surface area contributed by atoms with E-state index in [1.807, 2.05) is 6.07 Å². The number of benzene rings is 1. The maximum atomic E-state index is 13.4. The van der Waals surface area contributed by atoms with E-state index in [0.29, 0.717) is 23.5 Å². The molecule has 0 saturated carbocycles. The zero-order chi connectivity index (χ0) is 12.3. The molecule has 0 atom stereocenters. The molecule has 2 N–H and O–H groups in total. The second kappa shape index (κ2) is 5.01. The predicted molar refractivity (Wildman–Crippen MR) is 64.9 cm³/mol. The van der Waals surface area contributed by atoms with Crippen molar-refractivity contribution in [2.24, 2.45) is 5.73 Å². The first-order chi connectivity index (χ1) is 8.20. The number of aryl methyl sites for hydroxylation is 1. The van der Waals surface area contributed by atoms with Crippen LogP contribution in [0.15, 0.2) is 30.6 Å². The monoisotopic (exact) mass is 231 g/mol. The van der Waals surface area contributed by atoms with Crippen LogP contribution in [0, 0.1) is 12.7 Å². The summed E-state index contributed by atoms with van der Waals surface area (Å²) in [6.07, 6.45) is 4.21. The first kappa shape index (κ1) is 11.7. The first-order valence-electron chi connectivity index (χ1n) is 5.48. The fourth-order valence-electron chi connectivity index (χ4n) is 1.53. The van der Waals surface area contributed by atoms with E-state index in [2.05, 4.69) is 9.97 Å². The van der Waals surface area contributed by atoms with E-state index in [4.69, 9.17) is 5.73 Å². The van der Waals surface area contributed by atoms with Crippen molar-refractivity contribution in [3.63, 3.8) is 0 Å². The first-order valence-corrected chi connectivity index (χ1v) is 5.48. The molecular formula is C13H14FN3. The maximum Gasteiger partial charge on any atom is 0.159 e. The highest BCUT2D eigenvalue weighted by Crippen LogP contribution is 2.17. The fourth-order valence-corrected chi connectivity index (χ4v) is 1.53.